The zero-order valence-electron chi connectivity index (χ0n) is 14.9. The lowest BCUT2D eigenvalue weighted by molar-refractivity contribution is -0.134. The van der Waals surface area contributed by atoms with Gasteiger partial charge in [-0.25, -0.2) is 0 Å². The molecule has 1 aromatic carbocycles. The second-order valence-electron chi connectivity index (χ2n) is 6.13. The molecule has 0 radical (unpaired) electrons. The molecule has 2 amide bonds. The van der Waals surface area contributed by atoms with Crippen LogP contribution < -0.4 is 10.2 Å². The predicted octanol–water partition coefficient (Wildman–Crippen LogP) is 1.64. The Morgan fingerprint density at radius 3 is 2.17 bits per heavy atom. The minimum absolute atomic E-state index is 0.109. The van der Waals surface area contributed by atoms with Gasteiger partial charge in [-0.05, 0) is 45.2 Å². The zero-order chi connectivity index (χ0) is 17.5. The van der Waals surface area contributed by atoms with Crippen molar-refractivity contribution in [3.63, 3.8) is 0 Å². The van der Waals surface area contributed by atoms with E-state index in [0.29, 0.717) is 13.1 Å². The van der Waals surface area contributed by atoms with E-state index in [1.165, 1.54) is 5.69 Å². The quantitative estimate of drug-likeness (QED) is 0.805. The molecular weight excluding hydrogens is 304 g/mol. The standard InChI is InChI=1S/C18H28N4O2/c1-4-21(5-2)18(24)14-17(23)19-15-6-8-16(9-7-15)22-12-10-20(3)11-13-22/h6-9H,4-5,10-14H2,1-3H3,(H,19,23). The van der Waals surface area contributed by atoms with E-state index in [9.17, 15) is 9.59 Å². The molecule has 0 unspecified atom stereocenters. The molecule has 1 aliphatic heterocycles. The Morgan fingerprint density at radius 1 is 1.04 bits per heavy atom. The maximum absolute atomic E-state index is 12.0. The highest BCUT2D eigenvalue weighted by atomic mass is 16.2. The maximum atomic E-state index is 12.0. The van der Waals surface area contributed by atoms with Crippen LogP contribution in [0.2, 0.25) is 0 Å². The van der Waals surface area contributed by atoms with Crippen LogP contribution in [0.5, 0.6) is 0 Å². The summed E-state index contributed by atoms with van der Waals surface area (Å²) in [5.41, 5.74) is 1.89. The average molecular weight is 332 g/mol. The van der Waals surface area contributed by atoms with Crippen LogP contribution in [-0.4, -0.2) is 67.9 Å². The Labute approximate surface area is 144 Å². The molecule has 1 saturated heterocycles. The minimum Gasteiger partial charge on any atom is -0.369 e. The molecule has 6 nitrogen and oxygen atoms in total. The van der Waals surface area contributed by atoms with Gasteiger partial charge in [0.15, 0.2) is 0 Å². The first-order chi connectivity index (χ1) is 11.5. The lowest BCUT2D eigenvalue weighted by Gasteiger charge is -2.34. The van der Waals surface area contributed by atoms with Gasteiger partial charge >= 0.3 is 0 Å². The van der Waals surface area contributed by atoms with Gasteiger partial charge in [-0.15, -0.1) is 0 Å². The third-order valence-corrected chi connectivity index (χ3v) is 4.45. The number of carbonyl (C=O) groups is 2. The molecule has 132 valence electrons. The number of carbonyl (C=O) groups excluding carboxylic acids is 2. The van der Waals surface area contributed by atoms with E-state index >= 15 is 0 Å². The molecule has 1 aliphatic rings. The van der Waals surface area contributed by atoms with Crippen LogP contribution >= 0.6 is 0 Å². The maximum Gasteiger partial charge on any atom is 0.233 e. The second kappa shape index (κ2) is 8.68. The largest absolute Gasteiger partial charge is 0.369 e. The summed E-state index contributed by atoms with van der Waals surface area (Å²) in [5, 5.41) is 2.80. The molecule has 6 heteroatoms. The average Bonchev–Trinajstić information content (AvgIpc) is 2.57. The Hall–Kier alpha value is -2.08. The number of nitrogens with one attached hydrogen (secondary N) is 1. The summed E-state index contributed by atoms with van der Waals surface area (Å²) in [4.78, 5) is 30.3. The van der Waals surface area contributed by atoms with Gasteiger partial charge in [-0.1, -0.05) is 0 Å². The van der Waals surface area contributed by atoms with E-state index in [2.05, 4.69) is 22.2 Å². The molecule has 0 saturated carbocycles. The highest BCUT2D eigenvalue weighted by Gasteiger charge is 2.16. The van der Waals surface area contributed by atoms with E-state index in [4.69, 9.17) is 0 Å². The summed E-state index contributed by atoms with van der Waals surface area (Å²) in [5.74, 6) is -0.397. The third-order valence-electron chi connectivity index (χ3n) is 4.45. The van der Waals surface area contributed by atoms with Crippen molar-refractivity contribution in [3.05, 3.63) is 24.3 Å². The van der Waals surface area contributed by atoms with Crippen molar-refractivity contribution in [1.82, 2.24) is 9.80 Å². The van der Waals surface area contributed by atoms with Crippen LogP contribution in [0.25, 0.3) is 0 Å². The van der Waals surface area contributed by atoms with E-state index in [1.54, 1.807) is 4.90 Å². The fraction of sp³-hybridized carbons (Fsp3) is 0.556. The summed E-state index contributed by atoms with van der Waals surface area (Å²) in [6.45, 7) is 9.23. The molecule has 1 aromatic rings. The number of likely N-dealkylation sites (N-methyl/N-ethyl adjacent to an activating group) is 1. The number of rotatable bonds is 6. The molecule has 0 spiro atoms. The summed E-state index contributed by atoms with van der Waals surface area (Å²) >= 11 is 0. The number of nitrogens with zero attached hydrogens (tertiary/aromatic N) is 3. The third kappa shape index (κ3) is 4.96. The fourth-order valence-corrected chi connectivity index (χ4v) is 2.85. The van der Waals surface area contributed by atoms with E-state index in [1.807, 2.05) is 38.1 Å². The number of anilines is 2. The normalized spacial score (nSPS) is 15.2. The van der Waals surface area contributed by atoms with Gasteiger partial charge in [0, 0.05) is 50.6 Å². The van der Waals surface area contributed by atoms with Crippen LogP contribution in [0.15, 0.2) is 24.3 Å². The first kappa shape index (κ1) is 18.3. The minimum atomic E-state index is -0.265. The highest BCUT2D eigenvalue weighted by Crippen LogP contribution is 2.19. The van der Waals surface area contributed by atoms with E-state index in [-0.39, 0.29) is 18.2 Å². The predicted molar refractivity (Wildman–Crippen MR) is 97.3 cm³/mol. The summed E-state index contributed by atoms with van der Waals surface area (Å²) < 4.78 is 0. The smallest absolute Gasteiger partial charge is 0.233 e. The number of benzene rings is 1. The Balaban J connectivity index is 1.87. The van der Waals surface area contributed by atoms with Crippen molar-refractivity contribution in [3.8, 4) is 0 Å². The molecule has 2 rings (SSSR count). The van der Waals surface area contributed by atoms with Crippen molar-refractivity contribution in [2.45, 2.75) is 20.3 Å². The molecule has 0 atom stereocenters. The number of hydrogen-bond acceptors (Lipinski definition) is 4. The van der Waals surface area contributed by atoms with Crippen LogP contribution in [0.3, 0.4) is 0 Å². The lowest BCUT2D eigenvalue weighted by atomic mass is 10.2. The fourth-order valence-electron chi connectivity index (χ4n) is 2.85. The monoisotopic (exact) mass is 332 g/mol. The Kier molecular flexibility index (Phi) is 6.61. The molecule has 1 heterocycles. The van der Waals surface area contributed by atoms with Crippen LogP contribution in [0.4, 0.5) is 11.4 Å². The molecular formula is C18H28N4O2. The first-order valence-corrected chi connectivity index (χ1v) is 8.64. The topological polar surface area (TPSA) is 55.9 Å². The Bertz CT molecular complexity index is 547. The first-order valence-electron chi connectivity index (χ1n) is 8.64. The second-order valence-corrected chi connectivity index (χ2v) is 6.13. The van der Waals surface area contributed by atoms with Gasteiger partial charge in [0.05, 0.1) is 0 Å². The van der Waals surface area contributed by atoms with Crippen molar-refractivity contribution < 1.29 is 9.59 Å². The summed E-state index contributed by atoms with van der Waals surface area (Å²) in [6, 6.07) is 7.83. The highest BCUT2D eigenvalue weighted by molar-refractivity contribution is 6.03. The van der Waals surface area contributed by atoms with Gasteiger partial charge in [0.25, 0.3) is 0 Å². The van der Waals surface area contributed by atoms with Crippen molar-refractivity contribution in [2.75, 3.05) is 56.5 Å². The Morgan fingerprint density at radius 2 is 1.62 bits per heavy atom. The van der Waals surface area contributed by atoms with Crippen molar-refractivity contribution in [1.29, 1.82) is 0 Å². The molecule has 1 N–H and O–H groups in total. The molecule has 0 aromatic heterocycles. The molecule has 0 aliphatic carbocycles. The van der Waals surface area contributed by atoms with Gasteiger partial charge in [0.2, 0.25) is 11.8 Å². The number of hydrogen-bond donors (Lipinski definition) is 1. The lowest BCUT2D eigenvalue weighted by Crippen LogP contribution is -2.44. The van der Waals surface area contributed by atoms with Crippen LogP contribution in [0.1, 0.15) is 20.3 Å². The van der Waals surface area contributed by atoms with E-state index in [0.717, 1.165) is 31.9 Å². The van der Waals surface area contributed by atoms with Crippen molar-refractivity contribution in [2.24, 2.45) is 0 Å². The van der Waals surface area contributed by atoms with E-state index < -0.39 is 0 Å². The van der Waals surface area contributed by atoms with Crippen LogP contribution in [0, 0.1) is 0 Å². The SMILES string of the molecule is CCN(CC)C(=O)CC(=O)Nc1ccc(N2CCN(C)CC2)cc1. The van der Waals surface area contributed by atoms with Gasteiger partial charge in [-0.3, -0.25) is 9.59 Å². The number of amides is 2. The zero-order valence-corrected chi connectivity index (χ0v) is 14.9. The van der Waals surface area contributed by atoms with Crippen LogP contribution in [-0.2, 0) is 9.59 Å². The van der Waals surface area contributed by atoms with Crippen molar-refractivity contribution >= 4 is 23.2 Å². The summed E-state index contributed by atoms with van der Waals surface area (Å²) in [6.07, 6.45) is -0.109. The number of piperazine rings is 1. The van der Waals surface area contributed by atoms with Gasteiger partial charge in [0.1, 0.15) is 6.42 Å². The summed E-state index contributed by atoms with van der Waals surface area (Å²) in [7, 11) is 2.13. The molecule has 24 heavy (non-hydrogen) atoms. The van der Waals surface area contributed by atoms with Gasteiger partial charge < -0.3 is 20.0 Å². The molecule has 0 bridgehead atoms. The van der Waals surface area contributed by atoms with Gasteiger partial charge in [-0.2, -0.15) is 0 Å². The molecule has 1 fully saturated rings.